The van der Waals surface area contributed by atoms with Gasteiger partial charge in [-0.25, -0.2) is 9.37 Å². The topological polar surface area (TPSA) is 28.7 Å². The molecule has 0 fully saturated rings. The van der Waals surface area contributed by atoms with Crippen molar-refractivity contribution in [2.75, 3.05) is 0 Å². The Labute approximate surface area is 88.2 Å². The van der Waals surface area contributed by atoms with E-state index in [0.29, 0.717) is 5.56 Å². The van der Waals surface area contributed by atoms with Crippen molar-refractivity contribution >= 4 is 0 Å². The van der Waals surface area contributed by atoms with Crippen LogP contribution in [0.5, 0.6) is 0 Å². The van der Waals surface area contributed by atoms with Gasteiger partial charge in [-0.3, -0.25) is 0 Å². The summed E-state index contributed by atoms with van der Waals surface area (Å²) in [5, 5.41) is 0. The number of rotatable bonds is 2. The van der Waals surface area contributed by atoms with Crippen LogP contribution >= 0.6 is 0 Å². The largest absolute Gasteiger partial charge is 0.342 e. The molecule has 0 radical (unpaired) electrons. The zero-order valence-corrected chi connectivity index (χ0v) is 8.84. The second-order valence-corrected chi connectivity index (χ2v) is 3.56. The fourth-order valence-corrected chi connectivity index (χ4v) is 1.50. The van der Waals surface area contributed by atoms with Crippen LogP contribution in [0, 0.1) is 12.7 Å². The minimum Gasteiger partial charge on any atom is -0.342 e. The Bertz CT molecular complexity index is 474. The molecule has 0 aliphatic rings. The van der Waals surface area contributed by atoms with Crippen LogP contribution in [0.3, 0.4) is 0 Å². The van der Waals surface area contributed by atoms with Crippen molar-refractivity contribution in [3.8, 4) is 11.3 Å². The molecule has 0 atom stereocenters. The van der Waals surface area contributed by atoms with Gasteiger partial charge in [-0.05, 0) is 30.7 Å². The van der Waals surface area contributed by atoms with Crippen molar-refractivity contribution in [2.45, 2.75) is 20.3 Å². The molecule has 1 N–H and O–H groups in total. The first-order chi connectivity index (χ1) is 7.20. The van der Waals surface area contributed by atoms with E-state index in [0.717, 1.165) is 23.5 Å². The molecule has 0 spiro atoms. The van der Waals surface area contributed by atoms with E-state index in [1.54, 1.807) is 19.2 Å². The molecule has 2 nitrogen and oxygen atoms in total. The average Bonchev–Trinajstić information content (AvgIpc) is 2.70. The lowest BCUT2D eigenvalue weighted by molar-refractivity contribution is 0.619. The summed E-state index contributed by atoms with van der Waals surface area (Å²) < 4.78 is 13.1. The molecule has 0 amide bonds. The zero-order chi connectivity index (χ0) is 10.8. The van der Waals surface area contributed by atoms with E-state index in [1.165, 1.54) is 6.07 Å². The minimum atomic E-state index is -0.172. The van der Waals surface area contributed by atoms with Gasteiger partial charge >= 0.3 is 0 Å². The highest BCUT2D eigenvalue weighted by Crippen LogP contribution is 2.19. The summed E-state index contributed by atoms with van der Waals surface area (Å²) >= 11 is 0. The summed E-state index contributed by atoms with van der Waals surface area (Å²) in [6.45, 7) is 3.80. The monoisotopic (exact) mass is 204 g/mol. The Morgan fingerprint density at radius 3 is 2.80 bits per heavy atom. The van der Waals surface area contributed by atoms with Gasteiger partial charge in [-0.15, -0.1) is 0 Å². The van der Waals surface area contributed by atoms with Crippen LogP contribution < -0.4 is 0 Å². The zero-order valence-electron chi connectivity index (χ0n) is 8.84. The fourth-order valence-electron chi connectivity index (χ4n) is 1.50. The van der Waals surface area contributed by atoms with Crippen molar-refractivity contribution in [2.24, 2.45) is 0 Å². The number of hydrogen-bond acceptors (Lipinski definition) is 1. The summed E-state index contributed by atoms with van der Waals surface area (Å²) in [7, 11) is 0. The number of halogens is 1. The van der Waals surface area contributed by atoms with Gasteiger partial charge in [0.05, 0.1) is 11.9 Å². The maximum atomic E-state index is 13.1. The normalized spacial score (nSPS) is 10.6. The van der Waals surface area contributed by atoms with Crippen LogP contribution in [0.2, 0.25) is 0 Å². The SMILES string of the molecule is CCc1ncc(-c2ccc(F)c(C)c2)[nH]1. The fraction of sp³-hybridized carbons (Fsp3) is 0.250. The standard InChI is InChI=1S/C12H13FN2/c1-3-12-14-7-11(15-12)9-4-5-10(13)8(2)6-9/h4-7H,3H2,1-2H3,(H,14,15). The highest BCUT2D eigenvalue weighted by atomic mass is 19.1. The van der Waals surface area contributed by atoms with Gasteiger partial charge in [0.25, 0.3) is 0 Å². The third-order valence-electron chi connectivity index (χ3n) is 2.43. The molecular formula is C12H13FN2. The van der Waals surface area contributed by atoms with Crippen molar-refractivity contribution in [3.05, 3.63) is 41.6 Å². The first-order valence-corrected chi connectivity index (χ1v) is 5.01. The third kappa shape index (κ3) is 1.91. The van der Waals surface area contributed by atoms with E-state index < -0.39 is 0 Å². The predicted molar refractivity (Wildman–Crippen MR) is 58.1 cm³/mol. The molecular weight excluding hydrogens is 191 g/mol. The van der Waals surface area contributed by atoms with Crippen molar-refractivity contribution in [3.63, 3.8) is 0 Å². The van der Waals surface area contributed by atoms with Crippen LogP contribution in [-0.4, -0.2) is 9.97 Å². The maximum absolute atomic E-state index is 13.1. The van der Waals surface area contributed by atoms with Gasteiger partial charge in [0.15, 0.2) is 0 Å². The molecule has 2 rings (SSSR count). The molecule has 0 saturated heterocycles. The molecule has 1 aromatic heterocycles. The third-order valence-corrected chi connectivity index (χ3v) is 2.43. The Hall–Kier alpha value is -1.64. The molecule has 3 heteroatoms. The number of nitrogens with one attached hydrogen (secondary N) is 1. The Balaban J connectivity index is 2.40. The number of imidazole rings is 1. The Kier molecular flexibility index (Phi) is 2.54. The second-order valence-electron chi connectivity index (χ2n) is 3.56. The van der Waals surface area contributed by atoms with Gasteiger partial charge in [-0.1, -0.05) is 6.92 Å². The van der Waals surface area contributed by atoms with E-state index in [2.05, 4.69) is 9.97 Å². The van der Waals surface area contributed by atoms with Gasteiger partial charge in [0.1, 0.15) is 11.6 Å². The first-order valence-electron chi connectivity index (χ1n) is 5.01. The van der Waals surface area contributed by atoms with Gasteiger partial charge in [-0.2, -0.15) is 0 Å². The van der Waals surface area contributed by atoms with Crippen LogP contribution in [0.25, 0.3) is 11.3 Å². The summed E-state index contributed by atoms with van der Waals surface area (Å²) in [5.41, 5.74) is 2.57. The molecule has 78 valence electrons. The second kappa shape index (κ2) is 3.85. The molecule has 0 saturated carbocycles. The summed E-state index contributed by atoms with van der Waals surface area (Å²) in [4.78, 5) is 7.41. The number of hydrogen-bond donors (Lipinski definition) is 1. The van der Waals surface area contributed by atoms with E-state index in [9.17, 15) is 4.39 Å². The van der Waals surface area contributed by atoms with Gasteiger partial charge < -0.3 is 4.98 Å². The quantitative estimate of drug-likeness (QED) is 0.800. The lowest BCUT2D eigenvalue weighted by atomic mass is 10.1. The molecule has 1 aromatic carbocycles. The smallest absolute Gasteiger partial charge is 0.126 e. The van der Waals surface area contributed by atoms with E-state index in [-0.39, 0.29) is 5.82 Å². The van der Waals surface area contributed by atoms with Crippen molar-refractivity contribution < 1.29 is 4.39 Å². The van der Waals surface area contributed by atoms with Crippen LogP contribution in [0.15, 0.2) is 24.4 Å². The van der Waals surface area contributed by atoms with Gasteiger partial charge in [0.2, 0.25) is 0 Å². The molecule has 0 unspecified atom stereocenters. The van der Waals surface area contributed by atoms with E-state index in [1.807, 2.05) is 13.0 Å². The van der Waals surface area contributed by atoms with Crippen LogP contribution in [0.1, 0.15) is 18.3 Å². The maximum Gasteiger partial charge on any atom is 0.126 e. The lowest BCUT2D eigenvalue weighted by Crippen LogP contribution is -1.85. The summed E-state index contributed by atoms with van der Waals surface area (Å²) in [5.74, 6) is 0.779. The number of benzene rings is 1. The highest BCUT2D eigenvalue weighted by Gasteiger charge is 2.04. The predicted octanol–water partition coefficient (Wildman–Crippen LogP) is 3.09. The molecule has 0 bridgehead atoms. The Morgan fingerprint density at radius 2 is 2.20 bits per heavy atom. The molecule has 15 heavy (non-hydrogen) atoms. The van der Waals surface area contributed by atoms with Crippen LogP contribution in [-0.2, 0) is 6.42 Å². The van der Waals surface area contributed by atoms with Crippen LogP contribution in [0.4, 0.5) is 4.39 Å². The number of H-pyrrole nitrogens is 1. The van der Waals surface area contributed by atoms with Gasteiger partial charge in [0, 0.05) is 12.0 Å². The Morgan fingerprint density at radius 1 is 1.40 bits per heavy atom. The van der Waals surface area contributed by atoms with E-state index >= 15 is 0 Å². The highest BCUT2D eigenvalue weighted by molar-refractivity contribution is 5.59. The summed E-state index contributed by atoms with van der Waals surface area (Å²) in [6.07, 6.45) is 2.66. The summed E-state index contributed by atoms with van der Waals surface area (Å²) in [6, 6.07) is 5.06. The minimum absolute atomic E-state index is 0.172. The first kappa shape index (κ1) is 9.90. The van der Waals surface area contributed by atoms with Crippen molar-refractivity contribution in [1.29, 1.82) is 0 Å². The lowest BCUT2D eigenvalue weighted by Gasteiger charge is -2.00. The molecule has 0 aliphatic heterocycles. The number of aryl methyl sites for hydroxylation is 2. The molecule has 2 aromatic rings. The number of aromatic nitrogens is 2. The number of nitrogens with zero attached hydrogens (tertiary/aromatic N) is 1. The average molecular weight is 204 g/mol. The van der Waals surface area contributed by atoms with Crippen molar-refractivity contribution in [1.82, 2.24) is 9.97 Å². The van der Waals surface area contributed by atoms with E-state index in [4.69, 9.17) is 0 Å². The number of aromatic amines is 1. The molecule has 0 aliphatic carbocycles. The molecule has 1 heterocycles.